The van der Waals surface area contributed by atoms with E-state index < -0.39 is 77.8 Å². The fourth-order valence-electron chi connectivity index (χ4n) is 5.76. The first-order chi connectivity index (χ1) is 17.4. The SMILES string of the molecule is CCC(C(NC(=O)C(F)(F)F)C(=O)N1CC2C(C1C(=O)N[C@H](C#N)C[C@@H]1CCNC1=O)C2(C)C)C(F)(F)F. The number of hydrogen-bond donors (Lipinski definition) is 3. The Balaban J connectivity index is 1.87. The first kappa shape index (κ1) is 29.5. The molecule has 7 atom stereocenters. The average Bonchev–Trinajstić information content (AvgIpc) is 3.16. The Morgan fingerprint density at radius 2 is 1.82 bits per heavy atom. The molecule has 9 nitrogen and oxygen atoms in total. The van der Waals surface area contributed by atoms with Gasteiger partial charge in [-0.25, -0.2) is 0 Å². The Bertz CT molecular complexity index is 1020. The van der Waals surface area contributed by atoms with Gasteiger partial charge in [0.1, 0.15) is 18.1 Å². The lowest BCUT2D eigenvalue weighted by molar-refractivity contribution is -0.195. The summed E-state index contributed by atoms with van der Waals surface area (Å²) in [6, 6.07) is -3.26. The van der Waals surface area contributed by atoms with Gasteiger partial charge in [-0.15, -0.1) is 0 Å². The summed E-state index contributed by atoms with van der Waals surface area (Å²) in [4.78, 5) is 50.9. The van der Waals surface area contributed by atoms with Crippen LogP contribution < -0.4 is 16.0 Å². The molecule has 38 heavy (non-hydrogen) atoms. The molecule has 0 radical (unpaired) electrons. The predicted molar refractivity (Wildman–Crippen MR) is 117 cm³/mol. The number of amides is 4. The van der Waals surface area contributed by atoms with Crippen LogP contribution in [0.3, 0.4) is 0 Å². The highest BCUT2D eigenvalue weighted by Gasteiger charge is 2.70. The molecule has 0 spiro atoms. The Kier molecular flexibility index (Phi) is 7.96. The van der Waals surface area contributed by atoms with Gasteiger partial charge in [0, 0.05) is 19.0 Å². The number of fused-ring (bicyclic) bond motifs is 1. The van der Waals surface area contributed by atoms with Crippen LogP contribution in [0.4, 0.5) is 26.3 Å². The number of carbonyl (C=O) groups is 4. The van der Waals surface area contributed by atoms with Crippen molar-refractivity contribution in [1.82, 2.24) is 20.9 Å². The van der Waals surface area contributed by atoms with Crippen LogP contribution in [-0.4, -0.2) is 72.1 Å². The molecule has 3 rings (SSSR count). The van der Waals surface area contributed by atoms with E-state index in [1.54, 1.807) is 13.8 Å². The van der Waals surface area contributed by atoms with E-state index in [4.69, 9.17) is 0 Å². The van der Waals surface area contributed by atoms with Crippen molar-refractivity contribution in [2.75, 3.05) is 13.1 Å². The van der Waals surface area contributed by atoms with Crippen LogP contribution in [-0.2, 0) is 19.2 Å². The Morgan fingerprint density at radius 1 is 1.18 bits per heavy atom. The number of hydrogen-bond acceptors (Lipinski definition) is 5. The molecule has 0 aromatic carbocycles. The Labute approximate surface area is 214 Å². The summed E-state index contributed by atoms with van der Waals surface area (Å²) >= 11 is 0. The molecule has 0 bridgehead atoms. The monoisotopic (exact) mass is 553 g/mol. The maximum Gasteiger partial charge on any atom is 0.471 e. The standard InChI is InChI=1S/C23H29F6N5O4/c1-4-12(22(24,25)26)15(33-20(38)23(27,28)29)19(37)34-9-13-14(21(13,2)3)16(34)18(36)32-11(8-30)7-10-5-6-31-17(10)35/h10-16H,4-7,9H2,1-3H3,(H,31,35)(H,32,36)(H,33,38)/t10-,11-,12?,13?,14?,15?,16?/m0/s1. The second kappa shape index (κ2) is 10.3. The molecule has 5 unspecified atom stereocenters. The lowest BCUT2D eigenvalue weighted by Crippen LogP contribution is -2.61. The van der Waals surface area contributed by atoms with Crippen molar-refractivity contribution in [3.05, 3.63) is 0 Å². The highest BCUT2D eigenvalue weighted by Crippen LogP contribution is 2.65. The van der Waals surface area contributed by atoms with E-state index in [0.29, 0.717) is 13.0 Å². The number of likely N-dealkylation sites (tertiary alicyclic amines) is 1. The van der Waals surface area contributed by atoms with Crippen molar-refractivity contribution in [2.24, 2.45) is 29.1 Å². The number of nitriles is 1. The minimum absolute atomic E-state index is 0.0253. The van der Waals surface area contributed by atoms with Crippen molar-refractivity contribution >= 4 is 23.6 Å². The van der Waals surface area contributed by atoms with Crippen LogP contribution in [0.2, 0.25) is 0 Å². The lowest BCUT2D eigenvalue weighted by atomic mass is 9.92. The number of carbonyl (C=O) groups excluding carboxylic acids is 4. The van der Waals surface area contributed by atoms with Gasteiger partial charge in [0.2, 0.25) is 17.7 Å². The number of alkyl halides is 6. The van der Waals surface area contributed by atoms with Crippen LogP contribution in [0.15, 0.2) is 0 Å². The third-order valence-electron chi connectivity index (χ3n) is 7.99. The third-order valence-corrected chi connectivity index (χ3v) is 7.99. The van der Waals surface area contributed by atoms with Crippen molar-refractivity contribution in [3.63, 3.8) is 0 Å². The van der Waals surface area contributed by atoms with Crippen molar-refractivity contribution < 1.29 is 45.5 Å². The molecule has 212 valence electrons. The number of rotatable bonds is 8. The Morgan fingerprint density at radius 3 is 2.29 bits per heavy atom. The van der Waals surface area contributed by atoms with Crippen LogP contribution in [0.25, 0.3) is 0 Å². The van der Waals surface area contributed by atoms with E-state index in [9.17, 15) is 50.8 Å². The molecule has 3 aliphatic rings. The van der Waals surface area contributed by atoms with Crippen LogP contribution in [0.5, 0.6) is 0 Å². The molecule has 1 aliphatic carbocycles. The molecule has 15 heteroatoms. The fourth-order valence-corrected chi connectivity index (χ4v) is 5.76. The maximum atomic E-state index is 13.7. The van der Waals surface area contributed by atoms with E-state index in [0.717, 1.165) is 11.8 Å². The highest BCUT2D eigenvalue weighted by atomic mass is 19.4. The van der Waals surface area contributed by atoms with Gasteiger partial charge in [-0.2, -0.15) is 31.6 Å². The molecule has 2 aliphatic heterocycles. The highest BCUT2D eigenvalue weighted by molar-refractivity contribution is 5.94. The average molecular weight is 554 g/mol. The lowest BCUT2D eigenvalue weighted by Gasteiger charge is -2.36. The number of halogens is 6. The predicted octanol–water partition coefficient (Wildman–Crippen LogP) is 1.64. The van der Waals surface area contributed by atoms with Gasteiger partial charge in [0.05, 0.1) is 12.0 Å². The van der Waals surface area contributed by atoms with Crippen molar-refractivity contribution in [3.8, 4) is 6.07 Å². The van der Waals surface area contributed by atoms with E-state index >= 15 is 0 Å². The summed E-state index contributed by atoms with van der Waals surface area (Å²) in [7, 11) is 0. The van der Waals surface area contributed by atoms with E-state index in [-0.39, 0.29) is 24.8 Å². The van der Waals surface area contributed by atoms with Gasteiger partial charge in [0.15, 0.2) is 0 Å². The van der Waals surface area contributed by atoms with Gasteiger partial charge in [0.25, 0.3) is 0 Å². The quantitative estimate of drug-likeness (QED) is 0.394. The minimum atomic E-state index is -5.54. The first-order valence-corrected chi connectivity index (χ1v) is 12.2. The van der Waals surface area contributed by atoms with Crippen LogP contribution in [0, 0.1) is 40.4 Å². The summed E-state index contributed by atoms with van der Waals surface area (Å²) in [5.74, 6) is -9.34. The third kappa shape index (κ3) is 5.68. The van der Waals surface area contributed by atoms with E-state index in [1.807, 2.05) is 6.07 Å². The molecular formula is C23H29F6N5O4. The van der Waals surface area contributed by atoms with Gasteiger partial charge in [-0.05, 0) is 36.5 Å². The van der Waals surface area contributed by atoms with Crippen LogP contribution in [0.1, 0.15) is 40.0 Å². The molecule has 0 aromatic heterocycles. The van der Waals surface area contributed by atoms with Gasteiger partial charge < -0.3 is 20.9 Å². The first-order valence-electron chi connectivity index (χ1n) is 12.2. The number of piperidine rings is 1. The molecule has 2 saturated heterocycles. The summed E-state index contributed by atoms with van der Waals surface area (Å²) in [6.45, 7) is 4.78. The second-order valence-corrected chi connectivity index (χ2v) is 10.6. The van der Waals surface area contributed by atoms with Crippen molar-refractivity contribution in [1.29, 1.82) is 5.26 Å². The zero-order valence-corrected chi connectivity index (χ0v) is 20.9. The maximum absolute atomic E-state index is 13.7. The largest absolute Gasteiger partial charge is 0.471 e. The van der Waals surface area contributed by atoms with Gasteiger partial charge in [-0.1, -0.05) is 20.8 Å². The van der Waals surface area contributed by atoms with Crippen molar-refractivity contribution in [2.45, 2.75) is 70.5 Å². The summed E-state index contributed by atoms with van der Waals surface area (Å²) in [5.41, 5.74) is -0.495. The summed E-state index contributed by atoms with van der Waals surface area (Å²) in [6.07, 6.45) is -11.1. The topological polar surface area (TPSA) is 131 Å². The number of nitrogens with zero attached hydrogens (tertiary/aromatic N) is 2. The molecule has 0 aromatic rings. The molecule has 2 heterocycles. The minimum Gasteiger partial charge on any atom is -0.356 e. The number of nitrogens with one attached hydrogen (secondary N) is 3. The molecular weight excluding hydrogens is 524 g/mol. The summed E-state index contributed by atoms with van der Waals surface area (Å²) in [5, 5.41) is 15.8. The van der Waals surface area contributed by atoms with E-state index in [2.05, 4.69) is 10.6 Å². The Hall–Kier alpha value is -3.05. The van der Waals surface area contributed by atoms with Gasteiger partial charge in [-0.3, -0.25) is 19.2 Å². The van der Waals surface area contributed by atoms with E-state index in [1.165, 1.54) is 5.32 Å². The second-order valence-electron chi connectivity index (χ2n) is 10.6. The fraction of sp³-hybridized carbons (Fsp3) is 0.783. The normalized spacial score (nSPS) is 28.4. The van der Waals surface area contributed by atoms with Crippen LogP contribution >= 0.6 is 0 Å². The zero-order valence-electron chi connectivity index (χ0n) is 20.9. The smallest absolute Gasteiger partial charge is 0.356 e. The summed E-state index contributed by atoms with van der Waals surface area (Å²) < 4.78 is 79.9. The molecule has 4 amide bonds. The molecule has 3 N–H and O–H groups in total. The van der Waals surface area contributed by atoms with Gasteiger partial charge >= 0.3 is 18.3 Å². The molecule has 3 fully saturated rings. The zero-order chi connectivity index (χ0) is 28.8. The molecule has 1 saturated carbocycles.